The van der Waals surface area contributed by atoms with Crippen molar-refractivity contribution in [2.45, 2.75) is 19.9 Å². The topological polar surface area (TPSA) is 70.1 Å². The first kappa shape index (κ1) is 10.9. The van der Waals surface area contributed by atoms with Gasteiger partial charge >= 0.3 is 0 Å². The number of nitriles is 1. The average molecular weight is 169 g/mol. The van der Waals surface area contributed by atoms with Gasteiger partial charge in [0.1, 0.15) is 0 Å². The van der Waals surface area contributed by atoms with Gasteiger partial charge in [0, 0.05) is 6.54 Å². The van der Waals surface area contributed by atoms with E-state index in [-0.39, 0.29) is 17.9 Å². The minimum Gasteiger partial charge on any atom is -0.368 e. The van der Waals surface area contributed by atoms with Crippen LogP contribution in [0.15, 0.2) is 0 Å². The fraction of sp³-hybridized carbons (Fsp3) is 0.750. The van der Waals surface area contributed by atoms with Gasteiger partial charge in [-0.15, -0.1) is 0 Å². The summed E-state index contributed by atoms with van der Waals surface area (Å²) in [5, 5.41) is 8.51. The van der Waals surface area contributed by atoms with Crippen LogP contribution in [0.5, 0.6) is 0 Å². The van der Waals surface area contributed by atoms with Crippen LogP contribution in [-0.4, -0.2) is 30.4 Å². The molecule has 4 nitrogen and oxygen atoms in total. The number of carbonyl (C=O) groups is 1. The van der Waals surface area contributed by atoms with Crippen LogP contribution in [0.1, 0.15) is 13.8 Å². The SMILES string of the molecule is CC(C#N)CN(C)C(C)C(N)=O. The highest BCUT2D eigenvalue weighted by molar-refractivity contribution is 5.79. The molecule has 0 saturated carbocycles. The number of hydrogen-bond acceptors (Lipinski definition) is 3. The Bertz CT molecular complexity index is 197. The average Bonchev–Trinajstić information content (AvgIpc) is 2.02. The van der Waals surface area contributed by atoms with Gasteiger partial charge in [-0.05, 0) is 20.9 Å². The monoisotopic (exact) mass is 169 g/mol. The first-order valence-electron chi connectivity index (χ1n) is 3.88. The van der Waals surface area contributed by atoms with Crippen LogP contribution < -0.4 is 5.73 Å². The molecule has 0 aliphatic heterocycles. The molecule has 1 amide bonds. The molecule has 0 bridgehead atoms. The molecule has 4 heteroatoms. The van der Waals surface area contributed by atoms with Gasteiger partial charge in [0.25, 0.3) is 0 Å². The summed E-state index contributed by atoms with van der Waals surface area (Å²) in [6.45, 7) is 4.11. The third-order valence-electron chi connectivity index (χ3n) is 1.86. The molecule has 2 unspecified atom stereocenters. The zero-order valence-corrected chi connectivity index (χ0v) is 7.74. The Kier molecular flexibility index (Phi) is 4.30. The molecule has 2 atom stereocenters. The van der Waals surface area contributed by atoms with Crippen LogP contribution in [-0.2, 0) is 4.79 Å². The number of hydrogen-bond donors (Lipinski definition) is 1. The molecule has 0 aromatic carbocycles. The predicted molar refractivity (Wildman–Crippen MR) is 46.1 cm³/mol. The van der Waals surface area contributed by atoms with Crippen molar-refractivity contribution in [3.63, 3.8) is 0 Å². The number of likely N-dealkylation sites (N-methyl/N-ethyl adjacent to an activating group) is 1. The number of amides is 1. The quantitative estimate of drug-likeness (QED) is 0.641. The molecule has 0 rings (SSSR count). The Balaban J connectivity index is 3.96. The molecule has 0 aromatic heterocycles. The van der Waals surface area contributed by atoms with E-state index in [0.29, 0.717) is 6.54 Å². The predicted octanol–water partition coefficient (Wildman–Crippen LogP) is -0.0483. The maximum atomic E-state index is 10.7. The molecule has 0 aliphatic rings. The molecule has 0 saturated heterocycles. The summed E-state index contributed by atoms with van der Waals surface area (Å²) in [4.78, 5) is 12.5. The standard InChI is InChI=1S/C8H15N3O/c1-6(4-9)5-11(3)7(2)8(10)12/h6-7H,5H2,1-3H3,(H2,10,12). The summed E-state index contributed by atoms with van der Waals surface area (Å²) in [5.74, 6) is -0.431. The molecule has 0 radical (unpaired) electrons. The summed E-state index contributed by atoms with van der Waals surface area (Å²) in [5.41, 5.74) is 5.09. The highest BCUT2D eigenvalue weighted by Gasteiger charge is 2.16. The van der Waals surface area contributed by atoms with Gasteiger partial charge in [-0.3, -0.25) is 9.69 Å². The molecule has 0 aromatic rings. The third kappa shape index (κ3) is 3.35. The second-order valence-corrected chi connectivity index (χ2v) is 3.05. The highest BCUT2D eigenvalue weighted by Crippen LogP contribution is 2.00. The molecular weight excluding hydrogens is 154 g/mol. The first-order valence-corrected chi connectivity index (χ1v) is 3.88. The Labute approximate surface area is 72.9 Å². The van der Waals surface area contributed by atoms with E-state index in [1.165, 1.54) is 0 Å². The lowest BCUT2D eigenvalue weighted by molar-refractivity contribution is -0.122. The summed E-state index contributed by atoms with van der Waals surface area (Å²) in [6, 6.07) is 1.79. The Hall–Kier alpha value is -1.08. The maximum Gasteiger partial charge on any atom is 0.234 e. The number of primary amides is 1. The molecular formula is C8H15N3O. The van der Waals surface area contributed by atoms with Crippen LogP contribution in [0.3, 0.4) is 0 Å². The van der Waals surface area contributed by atoms with Crippen molar-refractivity contribution in [3.8, 4) is 6.07 Å². The second-order valence-electron chi connectivity index (χ2n) is 3.05. The number of carbonyl (C=O) groups excluding carboxylic acids is 1. The van der Waals surface area contributed by atoms with E-state index in [9.17, 15) is 4.79 Å². The smallest absolute Gasteiger partial charge is 0.234 e. The fourth-order valence-corrected chi connectivity index (χ4v) is 0.848. The lowest BCUT2D eigenvalue weighted by Crippen LogP contribution is -2.41. The fourth-order valence-electron chi connectivity index (χ4n) is 0.848. The minimum absolute atomic E-state index is 0.0724. The van der Waals surface area contributed by atoms with E-state index < -0.39 is 0 Å². The van der Waals surface area contributed by atoms with E-state index in [1.54, 1.807) is 18.9 Å². The lowest BCUT2D eigenvalue weighted by Gasteiger charge is -2.22. The van der Waals surface area contributed by atoms with Gasteiger partial charge in [-0.2, -0.15) is 5.26 Å². The zero-order valence-electron chi connectivity index (χ0n) is 7.74. The van der Waals surface area contributed by atoms with Gasteiger partial charge in [0.15, 0.2) is 0 Å². The minimum atomic E-state index is -0.359. The van der Waals surface area contributed by atoms with Crippen LogP contribution in [0.2, 0.25) is 0 Å². The van der Waals surface area contributed by atoms with E-state index in [0.717, 1.165) is 0 Å². The van der Waals surface area contributed by atoms with Gasteiger partial charge in [-0.1, -0.05) is 0 Å². The number of nitrogens with two attached hydrogens (primary N) is 1. The van der Waals surface area contributed by atoms with Crippen LogP contribution in [0.25, 0.3) is 0 Å². The number of rotatable bonds is 4. The van der Waals surface area contributed by atoms with Gasteiger partial charge in [0.2, 0.25) is 5.91 Å². The molecule has 12 heavy (non-hydrogen) atoms. The van der Waals surface area contributed by atoms with E-state index in [2.05, 4.69) is 6.07 Å². The summed E-state index contributed by atoms with van der Waals surface area (Å²) >= 11 is 0. The summed E-state index contributed by atoms with van der Waals surface area (Å²) in [7, 11) is 1.78. The van der Waals surface area contributed by atoms with Crippen molar-refractivity contribution in [2.24, 2.45) is 11.7 Å². The van der Waals surface area contributed by atoms with Crippen molar-refractivity contribution in [1.29, 1.82) is 5.26 Å². The first-order chi connectivity index (χ1) is 5.49. The van der Waals surface area contributed by atoms with E-state index in [1.807, 2.05) is 6.92 Å². The number of nitrogens with zero attached hydrogens (tertiary/aromatic N) is 2. The molecule has 68 valence electrons. The normalized spacial score (nSPS) is 15.2. The van der Waals surface area contributed by atoms with Crippen LogP contribution >= 0.6 is 0 Å². The third-order valence-corrected chi connectivity index (χ3v) is 1.86. The second kappa shape index (κ2) is 4.73. The Morgan fingerprint density at radius 1 is 1.67 bits per heavy atom. The van der Waals surface area contributed by atoms with Gasteiger partial charge < -0.3 is 5.73 Å². The summed E-state index contributed by atoms with van der Waals surface area (Å²) in [6.07, 6.45) is 0. The van der Waals surface area contributed by atoms with Crippen molar-refractivity contribution in [1.82, 2.24) is 4.90 Å². The maximum absolute atomic E-state index is 10.7. The zero-order chi connectivity index (χ0) is 9.72. The van der Waals surface area contributed by atoms with Crippen molar-refractivity contribution in [2.75, 3.05) is 13.6 Å². The van der Waals surface area contributed by atoms with E-state index >= 15 is 0 Å². The Morgan fingerprint density at radius 2 is 2.17 bits per heavy atom. The molecule has 0 aliphatic carbocycles. The lowest BCUT2D eigenvalue weighted by atomic mass is 10.2. The van der Waals surface area contributed by atoms with Gasteiger partial charge in [0.05, 0.1) is 18.0 Å². The van der Waals surface area contributed by atoms with E-state index in [4.69, 9.17) is 11.0 Å². The molecule has 0 heterocycles. The van der Waals surface area contributed by atoms with Crippen LogP contribution in [0, 0.1) is 17.2 Å². The molecule has 0 fully saturated rings. The largest absolute Gasteiger partial charge is 0.368 e. The van der Waals surface area contributed by atoms with Crippen molar-refractivity contribution in [3.05, 3.63) is 0 Å². The van der Waals surface area contributed by atoms with Crippen molar-refractivity contribution < 1.29 is 4.79 Å². The molecule has 0 spiro atoms. The van der Waals surface area contributed by atoms with Crippen molar-refractivity contribution >= 4 is 5.91 Å². The summed E-state index contributed by atoms with van der Waals surface area (Å²) < 4.78 is 0. The van der Waals surface area contributed by atoms with Gasteiger partial charge in [-0.25, -0.2) is 0 Å². The highest BCUT2D eigenvalue weighted by atomic mass is 16.1. The van der Waals surface area contributed by atoms with Crippen LogP contribution in [0.4, 0.5) is 0 Å². The Morgan fingerprint density at radius 3 is 2.50 bits per heavy atom. The molecule has 2 N–H and O–H groups in total.